The van der Waals surface area contributed by atoms with E-state index < -0.39 is 0 Å². The van der Waals surface area contributed by atoms with Crippen LogP contribution < -0.4 is 4.90 Å². The topological polar surface area (TPSA) is 20.3 Å². The lowest BCUT2D eigenvalue weighted by atomic mass is 9.72. The second kappa shape index (κ2) is 3.71. The Hall–Kier alpha value is -1.57. The van der Waals surface area contributed by atoms with E-state index in [0.717, 1.165) is 36.9 Å². The number of aryl methyl sites for hydroxylation is 1. The van der Waals surface area contributed by atoms with Crippen molar-refractivity contribution in [3.63, 3.8) is 0 Å². The first-order chi connectivity index (χ1) is 8.56. The zero-order valence-electron chi connectivity index (χ0n) is 11.1. The molecule has 1 saturated carbocycles. The van der Waals surface area contributed by atoms with Gasteiger partial charge in [-0.15, -0.1) is 0 Å². The molecule has 94 valence electrons. The van der Waals surface area contributed by atoms with Crippen LogP contribution in [0, 0.1) is 12.3 Å². The van der Waals surface area contributed by atoms with Crippen LogP contribution >= 0.6 is 0 Å². The Kier molecular flexibility index (Phi) is 2.37. The van der Waals surface area contributed by atoms with Gasteiger partial charge in [-0.25, -0.2) is 0 Å². The summed E-state index contributed by atoms with van der Waals surface area (Å²) in [7, 11) is 1.89. The second-order valence-electron chi connectivity index (χ2n) is 5.65. The third kappa shape index (κ3) is 1.32. The maximum atomic E-state index is 12.7. The highest BCUT2D eigenvalue weighted by molar-refractivity contribution is 6.11. The minimum atomic E-state index is -0.310. The molecule has 1 aliphatic heterocycles. The predicted molar refractivity (Wildman–Crippen MR) is 74.5 cm³/mol. The smallest absolute Gasteiger partial charge is 0.237 e. The van der Waals surface area contributed by atoms with Gasteiger partial charge in [0.25, 0.3) is 0 Å². The molecular formula is C16H19NO. The number of fused-ring (bicyclic) bond motifs is 1. The van der Waals surface area contributed by atoms with Crippen molar-refractivity contribution < 1.29 is 4.79 Å². The van der Waals surface area contributed by atoms with Gasteiger partial charge in [-0.1, -0.05) is 31.1 Å². The van der Waals surface area contributed by atoms with Gasteiger partial charge in [-0.05, 0) is 37.5 Å². The number of nitrogens with zero attached hydrogens (tertiary/aromatic N) is 1. The molecule has 0 atom stereocenters. The molecule has 0 saturated heterocycles. The maximum Gasteiger partial charge on any atom is 0.237 e. The van der Waals surface area contributed by atoms with E-state index in [-0.39, 0.29) is 11.3 Å². The van der Waals surface area contributed by atoms with E-state index >= 15 is 0 Å². The average molecular weight is 241 g/mol. The van der Waals surface area contributed by atoms with Crippen molar-refractivity contribution in [3.8, 4) is 0 Å². The monoisotopic (exact) mass is 241 g/mol. The lowest BCUT2D eigenvalue weighted by molar-refractivity contribution is -0.125. The molecule has 0 radical (unpaired) electrons. The third-order valence-electron chi connectivity index (χ3n) is 4.59. The number of rotatable bonds is 0. The number of benzene rings is 1. The van der Waals surface area contributed by atoms with Crippen molar-refractivity contribution in [1.82, 2.24) is 0 Å². The first-order valence-corrected chi connectivity index (χ1v) is 6.65. The fraction of sp³-hybridized carbons (Fsp3) is 0.438. The molecule has 3 rings (SSSR count). The number of amides is 1. The summed E-state index contributed by atoms with van der Waals surface area (Å²) in [6, 6.07) is 6.26. The fourth-order valence-corrected chi connectivity index (χ4v) is 3.50. The van der Waals surface area contributed by atoms with Gasteiger partial charge in [-0.2, -0.15) is 0 Å². The summed E-state index contributed by atoms with van der Waals surface area (Å²) in [5, 5.41) is 0. The highest BCUT2D eigenvalue weighted by Gasteiger charge is 2.49. The zero-order valence-corrected chi connectivity index (χ0v) is 11.1. The highest BCUT2D eigenvalue weighted by atomic mass is 16.2. The molecule has 1 heterocycles. The molecule has 0 bridgehead atoms. The highest BCUT2D eigenvalue weighted by Crippen LogP contribution is 2.53. The summed E-state index contributed by atoms with van der Waals surface area (Å²) in [6.07, 6.45) is 4.20. The minimum Gasteiger partial charge on any atom is -0.314 e. The average Bonchev–Trinajstić information content (AvgIpc) is 2.85. The van der Waals surface area contributed by atoms with Crippen LogP contribution in [-0.2, 0) is 4.79 Å². The Morgan fingerprint density at radius 1 is 1.28 bits per heavy atom. The van der Waals surface area contributed by atoms with Gasteiger partial charge >= 0.3 is 0 Å². The van der Waals surface area contributed by atoms with E-state index in [1.807, 2.05) is 18.0 Å². The van der Waals surface area contributed by atoms with Crippen molar-refractivity contribution in [2.24, 2.45) is 5.41 Å². The molecule has 1 aromatic carbocycles. The van der Waals surface area contributed by atoms with Crippen LogP contribution in [-0.4, -0.2) is 13.0 Å². The van der Waals surface area contributed by atoms with E-state index in [4.69, 9.17) is 0 Å². The van der Waals surface area contributed by atoms with Gasteiger partial charge in [-0.3, -0.25) is 4.79 Å². The number of anilines is 1. The minimum absolute atomic E-state index is 0.237. The van der Waals surface area contributed by atoms with E-state index in [1.54, 1.807) is 0 Å². The van der Waals surface area contributed by atoms with Crippen molar-refractivity contribution in [2.75, 3.05) is 11.9 Å². The van der Waals surface area contributed by atoms with Gasteiger partial charge in [0.1, 0.15) is 0 Å². The molecule has 1 aromatic rings. The molecule has 2 heteroatoms. The van der Waals surface area contributed by atoms with Crippen LogP contribution in [0.25, 0.3) is 5.57 Å². The Morgan fingerprint density at radius 2 is 1.94 bits per heavy atom. The van der Waals surface area contributed by atoms with E-state index in [2.05, 4.69) is 25.6 Å². The lowest BCUT2D eigenvalue weighted by Crippen LogP contribution is -2.45. The summed E-state index contributed by atoms with van der Waals surface area (Å²) in [4.78, 5) is 14.5. The quantitative estimate of drug-likeness (QED) is 0.680. The molecule has 2 nitrogen and oxygen atoms in total. The van der Waals surface area contributed by atoms with Gasteiger partial charge in [0.15, 0.2) is 0 Å². The molecule has 1 spiro atoms. The first-order valence-electron chi connectivity index (χ1n) is 6.65. The lowest BCUT2D eigenvalue weighted by Gasteiger charge is -2.40. The molecule has 0 N–H and O–H groups in total. The van der Waals surface area contributed by atoms with Crippen molar-refractivity contribution >= 4 is 17.2 Å². The van der Waals surface area contributed by atoms with Gasteiger partial charge in [0.2, 0.25) is 5.91 Å². The second-order valence-corrected chi connectivity index (χ2v) is 5.65. The van der Waals surface area contributed by atoms with Crippen LogP contribution in [0.4, 0.5) is 5.69 Å². The number of hydrogen-bond donors (Lipinski definition) is 0. The maximum absolute atomic E-state index is 12.7. The van der Waals surface area contributed by atoms with Crippen LogP contribution in [0.3, 0.4) is 0 Å². The van der Waals surface area contributed by atoms with Gasteiger partial charge < -0.3 is 4.90 Å². The molecular weight excluding hydrogens is 222 g/mol. The normalized spacial score (nSPS) is 21.6. The predicted octanol–water partition coefficient (Wildman–Crippen LogP) is 3.55. The largest absolute Gasteiger partial charge is 0.314 e. The molecule has 18 heavy (non-hydrogen) atoms. The summed E-state index contributed by atoms with van der Waals surface area (Å²) < 4.78 is 0. The Labute approximate surface area is 108 Å². The molecule has 1 amide bonds. The molecule has 0 aromatic heterocycles. The number of carbonyl (C=O) groups excluding carboxylic acids is 1. The van der Waals surface area contributed by atoms with Crippen molar-refractivity contribution in [2.45, 2.75) is 32.6 Å². The van der Waals surface area contributed by atoms with Crippen molar-refractivity contribution in [1.29, 1.82) is 0 Å². The first kappa shape index (κ1) is 11.5. The summed E-state index contributed by atoms with van der Waals surface area (Å²) >= 11 is 0. The molecule has 2 aliphatic rings. The summed E-state index contributed by atoms with van der Waals surface area (Å²) in [6.45, 7) is 6.36. The zero-order chi connectivity index (χ0) is 12.9. The standard InChI is InChI=1S/C16H19NO/c1-11-6-7-14-13(10-11)12(2)16(8-4-5-9-16)15(18)17(14)3/h6-7,10H,2,4-5,8-9H2,1,3H3. The summed E-state index contributed by atoms with van der Waals surface area (Å²) in [5.74, 6) is 0.237. The van der Waals surface area contributed by atoms with Crippen LogP contribution in [0.15, 0.2) is 24.8 Å². The van der Waals surface area contributed by atoms with Gasteiger partial charge in [0.05, 0.1) is 11.1 Å². The SMILES string of the molecule is C=C1c2cc(C)ccc2N(C)C(=O)C12CCCC2. The van der Waals surface area contributed by atoms with Crippen molar-refractivity contribution in [3.05, 3.63) is 35.9 Å². The number of carbonyl (C=O) groups is 1. The Bertz CT molecular complexity index is 538. The Morgan fingerprint density at radius 3 is 2.61 bits per heavy atom. The van der Waals surface area contributed by atoms with E-state index in [1.165, 1.54) is 11.1 Å². The summed E-state index contributed by atoms with van der Waals surface area (Å²) in [5.41, 5.74) is 4.13. The number of hydrogen-bond acceptors (Lipinski definition) is 1. The van der Waals surface area contributed by atoms with Crippen LogP contribution in [0.2, 0.25) is 0 Å². The molecule has 1 fully saturated rings. The molecule has 1 aliphatic carbocycles. The fourth-order valence-electron chi connectivity index (χ4n) is 3.50. The third-order valence-corrected chi connectivity index (χ3v) is 4.59. The Balaban J connectivity index is 2.21. The molecule has 0 unspecified atom stereocenters. The van der Waals surface area contributed by atoms with Crippen LogP contribution in [0.5, 0.6) is 0 Å². The van der Waals surface area contributed by atoms with Gasteiger partial charge in [0, 0.05) is 12.6 Å². The van der Waals surface area contributed by atoms with E-state index in [9.17, 15) is 4.79 Å². The van der Waals surface area contributed by atoms with E-state index in [0.29, 0.717) is 0 Å². The van der Waals surface area contributed by atoms with Crippen LogP contribution in [0.1, 0.15) is 36.8 Å².